The Kier molecular flexibility index (Phi) is 5.80. The summed E-state index contributed by atoms with van der Waals surface area (Å²) >= 11 is 0. The van der Waals surface area contributed by atoms with E-state index in [0.717, 1.165) is 12.8 Å². The first-order chi connectivity index (χ1) is 9.39. The van der Waals surface area contributed by atoms with Gasteiger partial charge in [-0.25, -0.2) is 17.9 Å². The van der Waals surface area contributed by atoms with E-state index in [1.807, 2.05) is 0 Å². The Balaban J connectivity index is 0.00000220. The number of carbonyl (C=O) groups excluding carboxylic acids is 1. The molecule has 21 heavy (non-hydrogen) atoms. The Hall–Kier alpha value is -1.09. The SMILES string of the molecule is COC(=O)c1cc(S(=O)(=O)NC(CN)C2CC2)c(C)o1.Cl. The minimum absolute atomic E-state index is 0. The maximum Gasteiger partial charge on any atom is 0.373 e. The monoisotopic (exact) mass is 338 g/mol. The van der Waals surface area contributed by atoms with Crippen molar-refractivity contribution in [3.05, 3.63) is 17.6 Å². The van der Waals surface area contributed by atoms with E-state index >= 15 is 0 Å². The Morgan fingerprint density at radius 2 is 2.19 bits per heavy atom. The zero-order valence-electron chi connectivity index (χ0n) is 11.8. The lowest BCUT2D eigenvalue weighted by molar-refractivity contribution is 0.0563. The van der Waals surface area contributed by atoms with E-state index in [2.05, 4.69) is 9.46 Å². The number of carbonyl (C=O) groups is 1. The molecule has 0 radical (unpaired) electrons. The molecule has 1 fully saturated rings. The first kappa shape index (κ1) is 18.0. The van der Waals surface area contributed by atoms with Gasteiger partial charge in [-0.2, -0.15) is 0 Å². The van der Waals surface area contributed by atoms with Crippen molar-refractivity contribution in [3.8, 4) is 0 Å². The predicted molar refractivity (Wildman–Crippen MR) is 77.9 cm³/mol. The van der Waals surface area contributed by atoms with Crippen LogP contribution in [0.5, 0.6) is 0 Å². The molecule has 1 aliphatic rings. The highest BCUT2D eigenvalue weighted by atomic mass is 35.5. The van der Waals surface area contributed by atoms with Gasteiger partial charge in [-0.1, -0.05) is 0 Å². The fourth-order valence-corrected chi connectivity index (χ4v) is 3.53. The number of hydrogen-bond acceptors (Lipinski definition) is 6. The Bertz CT molecular complexity index is 609. The number of sulfonamides is 1. The van der Waals surface area contributed by atoms with E-state index in [1.54, 1.807) is 0 Å². The largest absolute Gasteiger partial charge is 0.463 e. The molecule has 1 atom stereocenters. The van der Waals surface area contributed by atoms with Gasteiger partial charge in [0.2, 0.25) is 15.8 Å². The number of halogens is 1. The second-order valence-electron chi connectivity index (χ2n) is 4.82. The Labute approximate surface area is 129 Å². The second-order valence-corrected chi connectivity index (χ2v) is 6.51. The van der Waals surface area contributed by atoms with E-state index in [4.69, 9.17) is 10.2 Å². The summed E-state index contributed by atoms with van der Waals surface area (Å²) in [6, 6.07) is 0.889. The number of hydrogen-bond donors (Lipinski definition) is 2. The van der Waals surface area contributed by atoms with Crippen LogP contribution in [0.4, 0.5) is 0 Å². The summed E-state index contributed by atoms with van der Waals surface area (Å²) < 4.78 is 36.8. The summed E-state index contributed by atoms with van der Waals surface area (Å²) in [5.41, 5.74) is 5.59. The van der Waals surface area contributed by atoms with Crippen molar-refractivity contribution in [3.63, 3.8) is 0 Å². The molecule has 3 N–H and O–H groups in total. The zero-order valence-corrected chi connectivity index (χ0v) is 13.4. The molecule has 7 nitrogen and oxygen atoms in total. The van der Waals surface area contributed by atoms with Crippen molar-refractivity contribution in [1.82, 2.24) is 4.72 Å². The molecule has 1 unspecified atom stereocenters. The summed E-state index contributed by atoms with van der Waals surface area (Å²) in [6.07, 6.45) is 1.95. The minimum atomic E-state index is -3.76. The van der Waals surface area contributed by atoms with Crippen LogP contribution in [0, 0.1) is 12.8 Å². The lowest BCUT2D eigenvalue weighted by Crippen LogP contribution is -2.41. The number of nitrogens with two attached hydrogens (primary N) is 1. The summed E-state index contributed by atoms with van der Waals surface area (Å²) in [5, 5.41) is 0. The average molecular weight is 339 g/mol. The zero-order chi connectivity index (χ0) is 14.9. The number of rotatable bonds is 6. The van der Waals surface area contributed by atoms with Gasteiger partial charge < -0.3 is 14.9 Å². The highest BCUT2D eigenvalue weighted by Gasteiger charge is 2.34. The van der Waals surface area contributed by atoms with Crippen LogP contribution in [-0.2, 0) is 14.8 Å². The molecule has 1 aromatic rings. The van der Waals surface area contributed by atoms with E-state index in [0.29, 0.717) is 5.92 Å². The van der Waals surface area contributed by atoms with Crippen LogP contribution < -0.4 is 10.5 Å². The van der Waals surface area contributed by atoms with Crippen LogP contribution in [-0.4, -0.2) is 34.1 Å². The maximum absolute atomic E-state index is 12.3. The molecule has 0 amide bonds. The van der Waals surface area contributed by atoms with Crippen molar-refractivity contribution in [2.75, 3.05) is 13.7 Å². The van der Waals surface area contributed by atoms with Crippen LogP contribution in [0.1, 0.15) is 29.2 Å². The van der Waals surface area contributed by atoms with E-state index in [-0.39, 0.29) is 41.4 Å². The van der Waals surface area contributed by atoms with Crippen LogP contribution in [0.2, 0.25) is 0 Å². The fourth-order valence-electron chi connectivity index (χ4n) is 2.03. The van der Waals surface area contributed by atoms with Crippen LogP contribution in [0.3, 0.4) is 0 Å². The van der Waals surface area contributed by atoms with Gasteiger partial charge in [0.15, 0.2) is 0 Å². The maximum atomic E-state index is 12.3. The van der Waals surface area contributed by atoms with Crippen molar-refractivity contribution < 1.29 is 22.4 Å². The molecule has 1 aromatic heterocycles. The third kappa shape index (κ3) is 3.97. The molecule has 9 heteroatoms. The lowest BCUT2D eigenvalue weighted by Gasteiger charge is -2.15. The number of methoxy groups -OCH3 is 1. The lowest BCUT2D eigenvalue weighted by atomic mass is 10.2. The van der Waals surface area contributed by atoms with E-state index in [1.165, 1.54) is 20.1 Å². The van der Waals surface area contributed by atoms with Gasteiger partial charge >= 0.3 is 5.97 Å². The molecule has 1 saturated carbocycles. The van der Waals surface area contributed by atoms with Crippen molar-refractivity contribution >= 4 is 28.4 Å². The molecule has 2 rings (SSSR count). The van der Waals surface area contributed by atoms with Crippen LogP contribution in [0.15, 0.2) is 15.4 Å². The van der Waals surface area contributed by atoms with Gasteiger partial charge in [-0.05, 0) is 25.7 Å². The third-order valence-electron chi connectivity index (χ3n) is 3.30. The van der Waals surface area contributed by atoms with Gasteiger partial charge in [0, 0.05) is 18.7 Å². The predicted octanol–water partition coefficient (Wildman–Crippen LogP) is 0.812. The van der Waals surface area contributed by atoms with Gasteiger partial charge in [0.05, 0.1) is 7.11 Å². The van der Waals surface area contributed by atoms with Crippen molar-refractivity contribution in [1.29, 1.82) is 0 Å². The smallest absolute Gasteiger partial charge is 0.373 e. The first-order valence-corrected chi connectivity index (χ1v) is 7.78. The van der Waals surface area contributed by atoms with Gasteiger partial charge in [0.25, 0.3) is 0 Å². The molecular weight excluding hydrogens is 320 g/mol. The molecule has 0 bridgehead atoms. The topological polar surface area (TPSA) is 112 Å². The second kappa shape index (κ2) is 6.78. The van der Waals surface area contributed by atoms with Crippen LogP contribution in [0.25, 0.3) is 0 Å². The molecule has 1 heterocycles. The van der Waals surface area contributed by atoms with Crippen molar-refractivity contribution in [2.24, 2.45) is 11.7 Å². The van der Waals surface area contributed by atoms with E-state index in [9.17, 15) is 13.2 Å². The normalized spacial score (nSPS) is 16.1. The molecule has 0 aliphatic heterocycles. The molecular formula is C12H19ClN2O5S. The average Bonchev–Trinajstić information content (AvgIpc) is 3.17. The quantitative estimate of drug-likeness (QED) is 0.742. The molecule has 120 valence electrons. The number of nitrogens with one attached hydrogen (secondary N) is 1. The third-order valence-corrected chi connectivity index (χ3v) is 4.90. The van der Waals surface area contributed by atoms with Gasteiger partial charge in [-0.3, -0.25) is 0 Å². The van der Waals surface area contributed by atoms with Gasteiger partial charge in [0.1, 0.15) is 10.7 Å². The van der Waals surface area contributed by atoms with Gasteiger partial charge in [-0.15, -0.1) is 12.4 Å². The number of esters is 1. The highest BCUT2D eigenvalue weighted by molar-refractivity contribution is 7.89. The molecule has 1 aliphatic carbocycles. The highest BCUT2D eigenvalue weighted by Crippen LogP contribution is 2.33. The summed E-state index contributed by atoms with van der Waals surface area (Å²) in [7, 11) is -2.56. The van der Waals surface area contributed by atoms with E-state index < -0.39 is 16.0 Å². The first-order valence-electron chi connectivity index (χ1n) is 6.30. The Morgan fingerprint density at radius 1 is 1.57 bits per heavy atom. The molecule has 0 saturated heterocycles. The number of furan rings is 1. The minimum Gasteiger partial charge on any atom is -0.463 e. The standard InChI is InChI=1S/C12H18N2O5S.ClH/c1-7-11(5-10(19-7)12(15)18-2)20(16,17)14-9(6-13)8-3-4-8;/h5,8-9,14H,3-4,6,13H2,1-2H3;1H. The summed E-state index contributed by atoms with van der Waals surface area (Å²) in [4.78, 5) is 11.3. The fraction of sp³-hybridized carbons (Fsp3) is 0.583. The van der Waals surface area contributed by atoms with Crippen molar-refractivity contribution in [2.45, 2.75) is 30.7 Å². The number of aryl methyl sites for hydroxylation is 1. The molecule has 0 spiro atoms. The van der Waals surface area contributed by atoms with Crippen LogP contribution >= 0.6 is 12.4 Å². The summed E-state index contributed by atoms with van der Waals surface area (Å²) in [6.45, 7) is 1.72. The molecule has 0 aromatic carbocycles. The number of ether oxygens (including phenoxy) is 1. The Morgan fingerprint density at radius 3 is 2.67 bits per heavy atom. The summed E-state index contributed by atoms with van der Waals surface area (Å²) in [5.74, 6) is -0.417.